The van der Waals surface area contributed by atoms with Gasteiger partial charge in [0.25, 0.3) is 17.4 Å². The van der Waals surface area contributed by atoms with Crippen LogP contribution in [-0.4, -0.2) is 65.3 Å². The predicted molar refractivity (Wildman–Crippen MR) is 132 cm³/mol. The summed E-state index contributed by atoms with van der Waals surface area (Å²) >= 11 is 0. The number of non-ortho nitro benzene ring substituents is 1. The lowest BCUT2D eigenvalue weighted by Gasteiger charge is -2.26. The highest BCUT2D eigenvalue weighted by Gasteiger charge is 2.45. The SMILES string of the molecule is CC(C)COc1ccc(/C(O)=C2\C(=O)C(=O)N(CCCN(C)C)[C@@H]2c2ccc([N+](=O)[O-])cc2)cc1. The van der Waals surface area contributed by atoms with Crippen molar-refractivity contribution in [2.45, 2.75) is 26.3 Å². The average Bonchev–Trinajstić information content (AvgIpc) is 3.07. The summed E-state index contributed by atoms with van der Waals surface area (Å²) in [5.41, 5.74) is 0.748. The number of hydrogen-bond donors (Lipinski definition) is 1. The molecule has 1 heterocycles. The Bertz CT molecular complexity index is 1110. The highest BCUT2D eigenvalue weighted by Crippen LogP contribution is 2.40. The third-order valence-corrected chi connectivity index (χ3v) is 5.68. The Morgan fingerprint density at radius 1 is 1.11 bits per heavy atom. The largest absolute Gasteiger partial charge is 0.507 e. The number of nitrogens with zero attached hydrogens (tertiary/aromatic N) is 3. The zero-order valence-corrected chi connectivity index (χ0v) is 20.4. The topological polar surface area (TPSA) is 113 Å². The van der Waals surface area contributed by atoms with Crippen LogP contribution in [0.25, 0.3) is 5.76 Å². The van der Waals surface area contributed by atoms with Crippen molar-refractivity contribution in [2.75, 3.05) is 33.8 Å². The number of aliphatic hydroxyl groups is 1. The average molecular weight is 482 g/mol. The molecule has 0 aromatic heterocycles. The number of amides is 1. The van der Waals surface area contributed by atoms with E-state index in [2.05, 4.69) is 0 Å². The number of rotatable bonds is 10. The minimum absolute atomic E-state index is 0.0374. The Morgan fingerprint density at radius 2 is 1.74 bits per heavy atom. The molecule has 2 aromatic carbocycles. The highest BCUT2D eigenvalue weighted by atomic mass is 16.6. The minimum atomic E-state index is -0.852. The molecular formula is C26H31N3O6. The molecule has 1 aliphatic rings. The van der Waals surface area contributed by atoms with Crippen molar-refractivity contribution in [1.82, 2.24) is 9.80 Å². The zero-order valence-electron chi connectivity index (χ0n) is 20.4. The summed E-state index contributed by atoms with van der Waals surface area (Å²) in [4.78, 5) is 40.0. The Morgan fingerprint density at radius 3 is 2.29 bits per heavy atom. The maximum atomic E-state index is 13.1. The van der Waals surface area contributed by atoms with Crippen LogP contribution in [0.4, 0.5) is 5.69 Å². The Balaban J connectivity index is 2.01. The van der Waals surface area contributed by atoms with Crippen LogP contribution in [-0.2, 0) is 9.59 Å². The molecule has 0 bridgehead atoms. The van der Waals surface area contributed by atoms with E-state index in [0.29, 0.717) is 48.9 Å². The molecule has 1 fully saturated rings. The van der Waals surface area contributed by atoms with Crippen LogP contribution in [0, 0.1) is 16.0 Å². The maximum absolute atomic E-state index is 13.1. The van der Waals surface area contributed by atoms with Gasteiger partial charge in [-0.1, -0.05) is 13.8 Å². The van der Waals surface area contributed by atoms with E-state index < -0.39 is 22.7 Å². The van der Waals surface area contributed by atoms with Gasteiger partial charge in [-0.3, -0.25) is 19.7 Å². The van der Waals surface area contributed by atoms with Crippen LogP contribution in [0.2, 0.25) is 0 Å². The standard InChI is InChI=1S/C26H31N3O6/c1-17(2)16-35-21-12-8-19(9-13-21)24(30)22-23(18-6-10-20(11-7-18)29(33)34)28(26(32)25(22)31)15-5-14-27(3)4/h6-13,17,23,30H,5,14-16H2,1-4H3/b24-22+/t23-/m1/s1. The second kappa shape index (κ2) is 11.1. The van der Waals surface area contributed by atoms with Crippen LogP contribution in [0.3, 0.4) is 0 Å². The number of ketones is 1. The van der Waals surface area contributed by atoms with Gasteiger partial charge >= 0.3 is 0 Å². The van der Waals surface area contributed by atoms with Gasteiger partial charge in [-0.05, 0) is 74.9 Å². The summed E-state index contributed by atoms with van der Waals surface area (Å²) in [5, 5.41) is 22.2. The van der Waals surface area contributed by atoms with Gasteiger partial charge in [-0.2, -0.15) is 0 Å². The number of likely N-dealkylation sites (tertiary alicyclic amines) is 1. The molecule has 1 N–H and O–H groups in total. The van der Waals surface area contributed by atoms with Crippen molar-refractivity contribution in [1.29, 1.82) is 0 Å². The zero-order chi connectivity index (χ0) is 25.7. The third kappa shape index (κ3) is 6.05. The lowest BCUT2D eigenvalue weighted by atomic mass is 9.95. The Hall–Kier alpha value is -3.72. The summed E-state index contributed by atoms with van der Waals surface area (Å²) in [6, 6.07) is 11.5. The molecule has 2 aromatic rings. The summed E-state index contributed by atoms with van der Waals surface area (Å²) in [6.07, 6.45) is 0.616. The number of ether oxygens (including phenoxy) is 1. The van der Waals surface area contributed by atoms with Crippen molar-refractivity contribution in [3.8, 4) is 5.75 Å². The number of nitro groups is 1. The molecule has 0 unspecified atom stereocenters. The van der Waals surface area contributed by atoms with Gasteiger partial charge in [0.1, 0.15) is 11.5 Å². The maximum Gasteiger partial charge on any atom is 0.295 e. The number of carbonyl (C=O) groups is 2. The highest BCUT2D eigenvalue weighted by molar-refractivity contribution is 6.46. The van der Waals surface area contributed by atoms with E-state index in [1.54, 1.807) is 24.3 Å². The fourth-order valence-electron chi connectivity index (χ4n) is 3.92. The molecular weight excluding hydrogens is 450 g/mol. The number of benzene rings is 2. The summed E-state index contributed by atoms with van der Waals surface area (Å²) in [7, 11) is 3.83. The van der Waals surface area contributed by atoms with Gasteiger partial charge in [0.15, 0.2) is 0 Å². The van der Waals surface area contributed by atoms with Gasteiger partial charge in [-0.25, -0.2) is 0 Å². The third-order valence-electron chi connectivity index (χ3n) is 5.68. The van der Waals surface area contributed by atoms with Crippen molar-refractivity contribution in [3.63, 3.8) is 0 Å². The first kappa shape index (κ1) is 25.9. The second-order valence-corrected chi connectivity index (χ2v) is 9.23. The van der Waals surface area contributed by atoms with E-state index in [9.17, 15) is 24.8 Å². The molecule has 9 heteroatoms. The second-order valence-electron chi connectivity index (χ2n) is 9.23. The quantitative estimate of drug-likeness (QED) is 0.179. The molecule has 1 amide bonds. The summed E-state index contributed by atoms with van der Waals surface area (Å²) in [5.74, 6) is -0.793. The minimum Gasteiger partial charge on any atom is -0.507 e. The van der Waals surface area contributed by atoms with Crippen LogP contribution < -0.4 is 4.74 Å². The fraction of sp³-hybridized carbons (Fsp3) is 0.385. The van der Waals surface area contributed by atoms with Crippen molar-refractivity contribution in [2.24, 2.45) is 5.92 Å². The molecule has 0 spiro atoms. The number of aliphatic hydroxyl groups excluding tert-OH is 1. The smallest absolute Gasteiger partial charge is 0.295 e. The van der Waals surface area contributed by atoms with E-state index in [4.69, 9.17) is 4.74 Å². The predicted octanol–water partition coefficient (Wildman–Crippen LogP) is 4.00. The molecule has 35 heavy (non-hydrogen) atoms. The van der Waals surface area contributed by atoms with Crippen molar-refractivity contribution < 1.29 is 24.4 Å². The molecule has 9 nitrogen and oxygen atoms in total. The summed E-state index contributed by atoms with van der Waals surface area (Å²) in [6.45, 7) is 5.62. The Kier molecular flexibility index (Phi) is 8.24. The fourth-order valence-corrected chi connectivity index (χ4v) is 3.92. The van der Waals surface area contributed by atoms with Crippen LogP contribution in [0.5, 0.6) is 5.75 Å². The van der Waals surface area contributed by atoms with E-state index in [1.165, 1.54) is 29.2 Å². The van der Waals surface area contributed by atoms with Gasteiger partial charge in [0.05, 0.1) is 23.1 Å². The van der Waals surface area contributed by atoms with E-state index in [0.717, 1.165) is 0 Å². The summed E-state index contributed by atoms with van der Waals surface area (Å²) < 4.78 is 5.68. The monoisotopic (exact) mass is 481 g/mol. The van der Waals surface area contributed by atoms with Gasteiger partial charge < -0.3 is 19.6 Å². The molecule has 1 saturated heterocycles. The first-order valence-electron chi connectivity index (χ1n) is 11.5. The van der Waals surface area contributed by atoms with Crippen LogP contribution >= 0.6 is 0 Å². The molecule has 0 radical (unpaired) electrons. The number of nitro benzene ring substituents is 1. The Labute approximate surface area is 204 Å². The van der Waals surface area contributed by atoms with Gasteiger partial charge in [0.2, 0.25) is 0 Å². The molecule has 3 rings (SSSR count). The molecule has 1 atom stereocenters. The van der Waals surface area contributed by atoms with E-state index >= 15 is 0 Å². The van der Waals surface area contributed by atoms with E-state index in [-0.39, 0.29) is 17.0 Å². The van der Waals surface area contributed by atoms with Crippen LogP contribution in [0.1, 0.15) is 37.4 Å². The van der Waals surface area contributed by atoms with Crippen molar-refractivity contribution in [3.05, 3.63) is 75.3 Å². The molecule has 0 aliphatic carbocycles. The lowest BCUT2D eigenvalue weighted by Crippen LogP contribution is -2.32. The molecule has 1 aliphatic heterocycles. The van der Waals surface area contributed by atoms with Gasteiger partial charge in [0, 0.05) is 24.2 Å². The normalized spacial score (nSPS) is 17.4. The van der Waals surface area contributed by atoms with Gasteiger partial charge in [-0.15, -0.1) is 0 Å². The van der Waals surface area contributed by atoms with Crippen LogP contribution in [0.15, 0.2) is 54.1 Å². The van der Waals surface area contributed by atoms with E-state index in [1.807, 2.05) is 32.8 Å². The lowest BCUT2D eigenvalue weighted by molar-refractivity contribution is -0.384. The number of carbonyl (C=O) groups excluding carboxylic acids is 2. The number of hydrogen-bond acceptors (Lipinski definition) is 7. The first-order valence-corrected chi connectivity index (χ1v) is 11.5. The van der Waals surface area contributed by atoms with Crippen molar-refractivity contribution >= 4 is 23.1 Å². The number of Topliss-reactive ketones (excluding diaryl/α,β-unsaturated/α-hetero) is 1. The molecule has 186 valence electrons. The first-order chi connectivity index (χ1) is 16.6. The molecule has 0 saturated carbocycles.